The van der Waals surface area contributed by atoms with Gasteiger partial charge in [0.1, 0.15) is 19.0 Å². The first-order chi connectivity index (χ1) is 11.1. The molecule has 0 saturated heterocycles. The lowest BCUT2D eigenvalue weighted by atomic mass is 10.1. The lowest BCUT2D eigenvalue weighted by molar-refractivity contribution is -0.135. The Morgan fingerprint density at radius 1 is 0.957 bits per heavy atom. The summed E-state index contributed by atoms with van der Waals surface area (Å²) in [6.07, 6.45) is 0. The standard InChI is InChI=1S/C17H15FO5/c1-21-17(20)16(19)12-6-8-13(9-7-12)22-10-11-23-15-5-3-2-4-14(15)18/h2-9H,10-11H2,1H3. The van der Waals surface area contributed by atoms with Gasteiger partial charge in [-0.05, 0) is 36.4 Å². The summed E-state index contributed by atoms with van der Waals surface area (Å²) in [5, 5.41) is 0. The van der Waals surface area contributed by atoms with Crippen LogP contribution in [0.25, 0.3) is 0 Å². The molecule has 0 aromatic heterocycles. The third-order valence-corrected chi connectivity index (χ3v) is 2.93. The number of esters is 1. The molecule has 2 aromatic rings. The largest absolute Gasteiger partial charge is 0.490 e. The molecule has 0 spiro atoms. The highest BCUT2D eigenvalue weighted by molar-refractivity contribution is 6.40. The predicted octanol–water partition coefficient (Wildman–Crippen LogP) is 2.64. The lowest BCUT2D eigenvalue weighted by Crippen LogP contribution is -2.15. The fourth-order valence-electron chi connectivity index (χ4n) is 1.79. The highest BCUT2D eigenvalue weighted by atomic mass is 19.1. The van der Waals surface area contributed by atoms with Crippen LogP contribution in [0, 0.1) is 5.82 Å². The van der Waals surface area contributed by atoms with Crippen LogP contribution >= 0.6 is 0 Å². The third kappa shape index (κ3) is 4.54. The fourth-order valence-corrected chi connectivity index (χ4v) is 1.79. The third-order valence-electron chi connectivity index (χ3n) is 2.93. The normalized spacial score (nSPS) is 10.0. The topological polar surface area (TPSA) is 61.8 Å². The van der Waals surface area contributed by atoms with Crippen LogP contribution in [0.5, 0.6) is 11.5 Å². The Kier molecular flexibility index (Phi) is 5.68. The summed E-state index contributed by atoms with van der Waals surface area (Å²) in [5.41, 5.74) is 0.215. The van der Waals surface area contributed by atoms with Crippen LogP contribution in [0.4, 0.5) is 4.39 Å². The molecule has 0 saturated carbocycles. The monoisotopic (exact) mass is 318 g/mol. The summed E-state index contributed by atoms with van der Waals surface area (Å²) in [6, 6.07) is 12.1. The van der Waals surface area contributed by atoms with Crippen molar-refractivity contribution in [3.05, 3.63) is 59.9 Å². The van der Waals surface area contributed by atoms with E-state index in [1.165, 1.54) is 24.3 Å². The lowest BCUT2D eigenvalue weighted by Gasteiger charge is -2.09. The molecule has 0 unspecified atom stereocenters. The minimum atomic E-state index is -0.919. The molecule has 6 heteroatoms. The van der Waals surface area contributed by atoms with Gasteiger partial charge in [0.25, 0.3) is 5.78 Å². The molecule has 0 fully saturated rings. The zero-order chi connectivity index (χ0) is 16.7. The van der Waals surface area contributed by atoms with Crippen LogP contribution < -0.4 is 9.47 Å². The minimum absolute atomic E-state index is 0.162. The van der Waals surface area contributed by atoms with Crippen LogP contribution in [0.1, 0.15) is 10.4 Å². The smallest absolute Gasteiger partial charge is 0.379 e. The van der Waals surface area contributed by atoms with Crippen LogP contribution in [-0.4, -0.2) is 32.1 Å². The van der Waals surface area contributed by atoms with E-state index >= 15 is 0 Å². The van der Waals surface area contributed by atoms with E-state index in [0.29, 0.717) is 5.75 Å². The SMILES string of the molecule is COC(=O)C(=O)c1ccc(OCCOc2ccccc2F)cc1. The number of ketones is 1. The molecular formula is C17H15FO5. The van der Waals surface area contributed by atoms with E-state index in [-0.39, 0.29) is 24.5 Å². The number of carbonyl (C=O) groups is 2. The van der Waals surface area contributed by atoms with Crippen molar-refractivity contribution in [1.29, 1.82) is 0 Å². The molecule has 23 heavy (non-hydrogen) atoms. The molecule has 2 rings (SSSR count). The average molecular weight is 318 g/mol. The van der Waals surface area contributed by atoms with E-state index < -0.39 is 17.6 Å². The summed E-state index contributed by atoms with van der Waals surface area (Å²) in [4.78, 5) is 22.7. The molecule has 0 bridgehead atoms. The number of ether oxygens (including phenoxy) is 3. The number of Topliss-reactive ketones (excluding diaryl/α,β-unsaturated/α-hetero) is 1. The Morgan fingerprint density at radius 2 is 1.61 bits per heavy atom. The van der Waals surface area contributed by atoms with Gasteiger partial charge in [-0.15, -0.1) is 0 Å². The summed E-state index contributed by atoms with van der Waals surface area (Å²) in [5.74, 6) is -1.41. The van der Waals surface area contributed by atoms with Crippen molar-refractivity contribution in [3.8, 4) is 11.5 Å². The summed E-state index contributed by atoms with van der Waals surface area (Å²) >= 11 is 0. The molecule has 5 nitrogen and oxygen atoms in total. The molecular weight excluding hydrogens is 303 g/mol. The summed E-state index contributed by atoms with van der Waals surface area (Å²) in [7, 11) is 1.15. The van der Waals surface area contributed by atoms with Crippen LogP contribution in [-0.2, 0) is 9.53 Å². The van der Waals surface area contributed by atoms with Gasteiger partial charge >= 0.3 is 5.97 Å². The molecule has 0 aliphatic heterocycles. The average Bonchev–Trinajstić information content (AvgIpc) is 2.59. The van der Waals surface area contributed by atoms with Crippen molar-refractivity contribution in [1.82, 2.24) is 0 Å². The van der Waals surface area contributed by atoms with Gasteiger partial charge in [0.05, 0.1) is 7.11 Å². The number of carbonyl (C=O) groups excluding carboxylic acids is 2. The second kappa shape index (κ2) is 7.93. The van der Waals surface area contributed by atoms with Gasteiger partial charge in [-0.3, -0.25) is 4.79 Å². The minimum Gasteiger partial charge on any atom is -0.490 e. The number of hydrogen-bond acceptors (Lipinski definition) is 5. The van der Waals surface area contributed by atoms with Crippen LogP contribution in [0.2, 0.25) is 0 Å². The number of benzene rings is 2. The van der Waals surface area contributed by atoms with Crippen molar-refractivity contribution in [2.24, 2.45) is 0 Å². The maximum atomic E-state index is 13.3. The Hall–Kier alpha value is -2.89. The number of hydrogen-bond donors (Lipinski definition) is 0. The van der Waals surface area contributed by atoms with Gasteiger partial charge in [-0.1, -0.05) is 12.1 Å². The summed E-state index contributed by atoms with van der Waals surface area (Å²) in [6.45, 7) is 0.377. The van der Waals surface area contributed by atoms with E-state index in [2.05, 4.69) is 4.74 Å². The van der Waals surface area contributed by atoms with Gasteiger partial charge < -0.3 is 14.2 Å². The van der Waals surface area contributed by atoms with E-state index in [1.807, 2.05) is 0 Å². The molecule has 0 heterocycles. The molecule has 120 valence electrons. The zero-order valence-corrected chi connectivity index (χ0v) is 12.5. The van der Waals surface area contributed by atoms with Gasteiger partial charge in [0, 0.05) is 5.56 Å². The quantitative estimate of drug-likeness (QED) is 0.340. The number of methoxy groups -OCH3 is 1. The first-order valence-electron chi connectivity index (χ1n) is 6.84. The van der Waals surface area contributed by atoms with Gasteiger partial charge in [0.15, 0.2) is 11.6 Å². The molecule has 0 N–H and O–H groups in total. The Balaban J connectivity index is 1.81. The van der Waals surface area contributed by atoms with E-state index in [4.69, 9.17) is 9.47 Å². The van der Waals surface area contributed by atoms with Crippen LogP contribution in [0.15, 0.2) is 48.5 Å². The van der Waals surface area contributed by atoms with Crippen molar-refractivity contribution in [3.63, 3.8) is 0 Å². The van der Waals surface area contributed by atoms with Crippen LogP contribution in [0.3, 0.4) is 0 Å². The molecule has 0 aliphatic carbocycles. The van der Waals surface area contributed by atoms with Gasteiger partial charge in [0.2, 0.25) is 0 Å². The van der Waals surface area contributed by atoms with E-state index in [9.17, 15) is 14.0 Å². The second-order valence-corrected chi connectivity index (χ2v) is 4.47. The predicted molar refractivity (Wildman–Crippen MR) is 80.2 cm³/mol. The highest BCUT2D eigenvalue weighted by Gasteiger charge is 2.16. The first-order valence-corrected chi connectivity index (χ1v) is 6.84. The van der Waals surface area contributed by atoms with Crippen molar-refractivity contribution >= 4 is 11.8 Å². The maximum Gasteiger partial charge on any atom is 0.379 e. The zero-order valence-electron chi connectivity index (χ0n) is 12.5. The molecule has 0 radical (unpaired) electrons. The van der Waals surface area contributed by atoms with E-state index in [0.717, 1.165) is 7.11 Å². The Bertz CT molecular complexity index is 682. The molecule has 0 amide bonds. The van der Waals surface area contributed by atoms with Gasteiger partial charge in [-0.2, -0.15) is 0 Å². The number of para-hydroxylation sites is 1. The fraction of sp³-hybridized carbons (Fsp3) is 0.176. The van der Waals surface area contributed by atoms with Crippen molar-refractivity contribution < 1.29 is 28.2 Å². The molecule has 2 aromatic carbocycles. The molecule has 0 aliphatic rings. The second-order valence-electron chi connectivity index (χ2n) is 4.47. The highest BCUT2D eigenvalue weighted by Crippen LogP contribution is 2.16. The molecule has 0 atom stereocenters. The maximum absolute atomic E-state index is 13.3. The number of halogens is 1. The number of rotatable bonds is 7. The van der Waals surface area contributed by atoms with Gasteiger partial charge in [-0.25, -0.2) is 9.18 Å². The first kappa shape index (κ1) is 16.5. The van der Waals surface area contributed by atoms with Crippen molar-refractivity contribution in [2.75, 3.05) is 20.3 Å². The Labute approximate surface area is 132 Å². The summed E-state index contributed by atoms with van der Waals surface area (Å²) < 4.78 is 28.3. The Morgan fingerprint density at radius 3 is 2.26 bits per heavy atom. The van der Waals surface area contributed by atoms with E-state index in [1.54, 1.807) is 24.3 Å². The van der Waals surface area contributed by atoms with Crippen molar-refractivity contribution in [2.45, 2.75) is 0 Å².